The van der Waals surface area contributed by atoms with Gasteiger partial charge in [0.25, 0.3) is 0 Å². The van der Waals surface area contributed by atoms with Crippen LogP contribution in [0.5, 0.6) is 0 Å². The highest BCUT2D eigenvalue weighted by molar-refractivity contribution is 5.85. The zero-order valence-electron chi connectivity index (χ0n) is 7.26. The molecule has 0 bridgehead atoms. The van der Waals surface area contributed by atoms with E-state index in [1.165, 1.54) is 19.3 Å². The maximum Gasteiger partial charge on any atom is 0.225 e. The average Bonchev–Trinajstić information content (AvgIpc) is 1.75. The number of rotatable bonds is 1. The van der Waals surface area contributed by atoms with Gasteiger partial charge in [-0.15, -0.1) is 0 Å². The Hall–Kier alpha value is -0.530. The lowest BCUT2D eigenvalue weighted by Crippen LogP contribution is -2.68. The summed E-state index contributed by atoms with van der Waals surface area (Å²) >= 11 is 0. The third kappa shape index (κ3) is 0.754. The summed E-state index contributed by atoms with van der Waals surface area (Å²) in [6.07, 6.45) is 4.63. The van der Waals surface area contributed by atoms with Crippen LogP contribution < -0.4 is 0 Å². The first-order valence-corrected chi connectivity index (χ1v) is 4.48. The minimum Gasteiger partial charge on any atom is -0.334 e. The van der Waals surface area contributed by atoms with Gasteiger partial charge in [-0.05, 0) is 33.1 Å². The molecule has 1 spiro atoms. The molecular weight excluding hydrogens is 138 g/mol. The third-order valence-electron chi connectivity index (χ3n) is 3.06. The second-order valence-corrected chi connectivity index (χ2v) is 4.11. The van der Waals surface area contributed by atoms with Crippen molar-refractivity contribution in [3.05, 3.63) is 0 Å². The van der Waals surface area contributed by atoms with Gasteiger partial charge in [-0.25, -0.2) is 0 Å². The van der Waals surface area contributed by atoms with E-state index in [9.17, 15) is 4.79 Å². The van der Waals surface area contributed by atoms with Crippen LogP contribution in [-0.2, 0) is 4.79 Å². The second kappa shape index (κ2) is 1.99. The molecule has 1 saturated carbocycles. The van der Waals surface area contributed by atoms with Crippen LogP contribution in [-0.4, -0.2) is 22.4 Å². The molecule has 62 valence electrons. The third-order valence-corrected chi connectivity index (χ3v) is 3.06. The van der Waals surface area contributed by atoms with Gasteiger partial charge in [-0.3, -0.25) is 4.79 Å². The molecule has 2 rings (SSSR count). The van der Waals surface area contributed by atoms with Crippen molar-refractivity contribution in [2.45, 2.75) is 51.1 Å². The van der Waals surface area contributed by atoms with Crippen LogP contribution >= 0.6 is 0 Å². The number of nitrogens with zero attached hydrogens (tertiary/aromatic N) is 1. The predicted molar refractivity (Wildman–Crippen MR) is 43.2 cm³/mol. The van der Waals surface area contributed by atoms with Crippen LogP contribution in [0.2, 0.25) is 0 Å². The van der Waals surface area contributed by atoms with Crippen molar-refractivity contribution >= 4 is 5.91 Å². The van der Waals surface area contributed by atoms with E-state index in [2.05, 4.69) is 18.7 Å². The lowest BCUT2D eigenvalue weighted by atomic mass is 9.67. The first kappa shape index (κ1) is 7.14. The molecule has 2 aliphatic rings. The van der Waals surface area contributed by atoms with Crippen molar-refractivity contribution < 1.29 is 4.79 Å². The SMILES string of the molecule is CC(C)N1C(=O)CC12CCC2. The Labute approximate surface area is 67.6 Å². The highest BCUT2D eigenvalue weighted by Gasteiger charge is 2.55. The van der Waals surface area contributed by atoms with E-state index in [0.717, 1.165) is 6.42 Å². The van der Waals surface area contributed by atoms with Gasteiger partial charge in [-0.2, -0.15) is 0 Å². The zero-order chi connectivity index (χ0) is 8.06. The summed E-state index contributed by atoms with van der Waals surface area (Å²) in [6.45, 7) is 4.22. The molecule has 0 aromatic carbocycles. The second-order valence-electron chi connectivity index (χ2n) is 4.11. The van der Waals surface area contributed by atoms with E-state index in [1.54, 1.807) is 0 Å². The topological polar surface area (TPSA) is 20.3 Å². The van der Waals surface area contributed by atoms with Crippen molar-refractivity contribution in [1.82, 2.24) is 4.90 Å². The number of amides is 1. The van der Waals surface area contributed by atoms with Crippen LogP contribution in [0.3, 0.4) is 0 Å². The molecule has 0 aromatic rings. The van der Waals surface area contributed by atoms with Crippen molar-refractivity contribution in [1.29, 1.82) is 0 Å². The lowest BCUT2D eigenvalue weighted by Gasteiger charge is -2.59. The zero-order valence-corrected chi connectivity index (χ0v) is 7.26. The fourth-order valence-electron chi connectivity index (χ4n) is 2.46. The molecule has 0 N–H and O–H groups in total. The summed E-state index contributed by atoms with van der Waals surface area (Å²) in [4.78, 5) is 13.3. The van der Waals surface area contributed by atoms with Gasteiger partial charge in [0.1, 0.15) is 0 Å². The van der Waals surface area contributed by atoms with Crippen molar-refractivity contribution in [2.75, 3.05) is 0 Å². The van der Waals surface area contributed by atoms with E-state index in [0.29, 0.717) is 17.5 Å². The molecule has 11 heavy (non-hydrogen) atoms. The molecule has 1 amide bonds. The first-order valence-electron chi connectivity index (χ1n) is 4.48. The monoisotopic (exact) mass is 153 g/mol. The van der Waals surface area contributed by atoms with Crippen molar-refractivity contribution in [2.24, 2.45) is 0 Å². The van der Waals surface area contributed by atoms with Gasteiger partial charge in [0, 0.05) is 6.04 Å². The minimum atomic E-state index is 0.339. The Balaban J connectivity index is 2.10. The Bertz CT molecular complexity index is 194. The predicted octanol–water partition coefficient (Wildman–Crippen LogP) is 1.55. The Morgan fingerprint density at radius 2 is 2.09 bits per heavy atom. The summed E-state index contributed by atoms with van der Waals surface area (Å²) < 4.78 is 0. The summed E-state index contributed by atoms with van der Waals surface area (Å²) in [5.41, 5.74) is 0.339. The van der Waals surface area contributed by atoms with E-state index < -0.39 is 0 Å². The Morgan fingerprint density at radius 1 is 1.45 bits per heavy atom. The van der Waals surface area contributed by atoms with Gasteiger partial charge in [0.15, 0.2) is 0 Å². The Morgan fingerprint density at radius 3 is 2.27 bits per heavy atom. The normalized spacial score (nSPS) is 27.2. The fraction of sp³-hybridized carbons (Fsp3) is 0.889. The fourth-order valence-corrected chi connectivity index (χ4v) is 2.46. The molecule has 2 fully saturated rings. The smallest absolute Gasteiger partial charge is 0.225 e. The summed E-state index contributed by atoms with van der Waals surface area (Å²) in [5.74, 6) is 0.361. The Kier molecular flexibility index (Phi) is 1.29. The van der Waals surface area contributed by atoms with E-state index in [4.69, 9.17) is 0 Å². The molecule has 1 aliphatic carbocycles. The number of likely N-dealkylation sites (tertiary alicyclic amines) is 1. The molecule has 2 heteroatoms. The van der Waals surface area contributed by atoms with Crippen LogP contribution in [0.25, 0.3) is 0 Å². The molecule has 2 nitrogen and oxygen atoms in total. The van der Waals surface area contributed by atoms with Gasteiger partial charge >= 0.3 is 0 Å². The van der Waals surface area contributed by atoms with Gasteiger partial charge in [0.05, 0.1) is 12.0 Å². The van der Waals surface area contributed by atoms with Crippen LogP contribution in [0.15, 0.2) is 0 Å². The van der Waals surface area contributed by atoms with Gasteiger partial charge in [-0.1, -0.05) is 0 Å². The maximum absolute atomic E-state index is 11.2. The average molecular weight is 153 g/mol. The standard InChI is InChI=1S/C9H15NO/c1-7(2)10-8(11)6-9(10)4-3-5-9/h7H,3-6H2,1-2H3. The van der Waals surface area contributed by atoms with E-state index >= 15 is 0 Å². The summed E-state index contributed by atoms with van der Waals surface area (Å²) in [5, 5.41) is 0. The van der Waals surface area contributed by atoms with Crippen molar-refractivity contribution in [3.8, 4) is 0 Å². The highest BCUT2D eigenvalue weighted by atomic mass is 16.2. The number of carbonyl (C=O) groups is 1. The van der Waals surface area contributed by atoms with Crippen LogP contribution in [0, 0.1) is 0 Å². The molecule has 0 unspecified atom stereocenters. The van der Waals surface area contributed by atoms with Crippen LogP contribution in [0.4, 0.5) is 0 Å². The minimum absolute atomic E-state index is 0.339. The molecule has 1 heterocycles. The number of hydrogen-bond donors (Lipinski definition) is 0. The van der Waals surface area contributed by atoms with Gasteiger partial charge in [0.2, 0.25) is 5.91 Å². The largest absolute Gasteiger partial charge is 0.334 e. The molecule has 0 atom stereocenters. The molecular formula is C9H15NO. The number of β-lactam (4-membered cyclic amide) rings is 1. The summed E-state index contributed by atoms with van der Waals surface area (Å²) in [6, 6.07) is 0.413. The maximum atomic E-state index is 11.2. The van der Waals surface area contributed by atoms with E-state index in [1.807, 2.05) is 0 Å². The lowest BCUT2D eigenvalue weighted by molar-refractivity contribution is -0.170. The molecule has 0 aromatic heterocycles. The highest BCUT2D eigenvalue weighted by Crippen LogP contribution is 2.48. The molecule has 1 aliphatic heterocycles. The first-order chi connectivity index (χ1) is 5.16. The quantitative estimate of drug-likeness (QED) is 0.523. The van der Waals surface area contributed by atoms with Gasteiger partial charge < -0.3 is 4.90 Å². The van der Waals surface area contributed by atoms with E-state index in [-0.39, 0.29) is 0 Å². The van der Waals surface area contributed by atoms with Crippen LogP contribution in [0.1, 0.15) is 39.5 Å². The summed E-state index contributed by atoms with van der Waals surface area (Å²) in [7, 11) is 0. The molecule has 1 saturated heterocycles. The molecule has 0 radical (unpaired) electrons. The number of carbonyl (C=O) groups excluding carboxylic acids is 1. The number of hydrogen-bond acceptors (Lipinski definition) is 1. The van der Waals surface area contributed by atoms with Crippen molar-refractivity contribution in [3.63, 3.8) is 0 Å².